The molecule has 166 valence electrons. The average molecular weight is 445 g/mol. The fourth-order valence-corrected chi connectivity index (χ4v) is 4.73. The van der Waals surface area contributed by atoms with Gasteiger partial charge >= 0.3 is 0 Å². The van der Waals surface area contributed by atoms with E-state index in [-0.39, 0.29) is 24.2 Å². The van der Waals surface area contributed by atoms with E-state index in [2.05, 4.69) is 11.0 Å². The van der Waals surface area contributed by atoms with Gasteiger partial charge in [-0.15, -0.1) is 0 Å². The second-order valence-electron chi connectivity index (χ2n) is 8.87. The molecule has 1 saturated carbocycles. The van der Waals surface area contributed by atoms with E-state index in [0.717, 1.165) is 48.8 Å². The number of rotatable bonds is 8. The number of hydrogen-bond donors (Lipinski definition) is 0. The maximum Gasteiger partial charge on any atom is 0.226 e. The van der Waals surface area contributed by atoms with Crippen LogP contribution in [0.25, 0.3) is 0 Å². The van der Waals surface area contributed by atoms with Gasteiger partial charge in [-0.3, -0.25) is 9.69 Å². The van der Waals surface area contributed by atoms with Crippen LogP contribution in [0.4, 0.5) is 4.39 Å². The molecule has 4 nitrogen and oxygen atoms in total. The molecule has 2 aromatic carbocycles. The lowest BCUT2D eigenvalue weighted by molar-refractivity contribution is -0.130. The summed E-state index contributed by atoms with van der Waals surface area (Å²) in [5, 5.41) is 0.722. The van der Waals surface area contributed by atoms with Crippen LogP contribution in [0.3, 0.4) is 0 Å². The summed E-state index contributed by atoms with van der Waals surface area (Å²) in [6.07, 6.45) is 4.69. The van der Waals surface area contributed by atoms with Crippen molar-refractivity contribution >= 4 is 17.5 Å². The van der Waals surface area contributed by atoms with Gasteiger partial charge in [-0.05, 0) is 74.0 Å². The minimum atomic E-state index is -0.310. The highest BCUT2D eigenvalue weighted by Crippen LogP contribution is 2.36. The zero-order valence-electron chi connectivity index (χ0n) is 18.0. The molecule has 0 unspecified atom stereocenters. The summed E-state index contributed by atoms with van der Waals surface area (Å²) in [7, 11) is 1.81. The van der Waals surface area contributed by atoms with Crippen LogP contribution in [-0.2, 0) is 17.8 Å². The molecule has 0 N–H and O–H groups in total. The van der Waals surface area contributed by atoms with E-state index in [1.54, 1.807) is 17.0 Å². The van der Waals surface area contributed by atoms with Crippen molar-refractivity contribution in [1.82, 2.24) is 9.80 Å². The molecule has 1 aliphatic heterocycles. The first-order valence-corrected chi connectivity index (χ1v) is 11.5. The molecule has 4 rings (SSSR count). The zero-order valence-corrected chi connectivity index (χ0v) is 18.8. The Balaban J connectivity index is 1.23. The summed E-state index contributed by atoms with van der Waals surface area (Å²) in [5.74, 6) is 0.873. The van der Waals surface area contributed by atoms with Gasteiger partial charge in [0.05, 0.1) is 17.5 Å². The van der Waals surface area contributed by atoms with Crippen molar-refractivity contribution in [1.29, 1.82) is 0 Å². The van der Waals surface area contributed by atoms with E-state index in [0.29, 0.717) is 18.0 Å². The number of benzene rings is 2. The molecule has 6 heteroatoms. The Labute approximate surface area is 188 Å². The molecule has 31 heavy (non-hydrogen) atoms. The van der Waals surface area contributed by atoms with E-state index < -0.39 is 0 Å². The Morgan fingerprint density at radius 3 is 2.68 bits per heavy atom. The van der Waals surface area contributed by atoms with Crippen molar-refractivity contribution < 1.29 is 13.9 Å². The number of carbonyl (C=O) groups is 1. The lowest BCUT2D eigenvalue weighted by Gasteiger charge is -2.37. The van der Waals surface area contributed by atoms with Gasteiger partial charge in [0, 0.05) is 20.1 Å². The van der Waals surface area contributed by atoms with Gasteiger partial charge < -0.3 is 9.64 Å². The number of hydrogen-bond acceptors (Lipinski definition) is 3. The van der Waals surface area contributed by atoms with Gasteiger partial charge in [0.2, 0.25) is 5.91 Å². The van der Waals surface area contributed by atoms with Gasteiger partial charge in [-0.25, -0.2) is 4.39 Å². The SMILES string of the molecule is CN(CC1CC(Oc2cccc(CN3CCCC3)c2Cl)C1)C(=O)Cc1cccc(F)c1. The summed E-state index contributed by atoms with van der Waals surface area (Å²) < 4.78 is 19.5. The summed E-state index contributed by atoms with van der Waals surface area (Å²) in [6, 6.07) is 12.3. The van der Waals surface area contributed by atoms with Gasteiger partial charge in [0.1, 0.15) is 11.6 Å². The van der Waals surface area contributed by atoms with E-state index >= 15 is 0 Å². The average Bonchev–Trinajstić information content (AvgIpc) is 3.22. The van der Waals surface area contributed by atoms with Crippen molar-refractivity contribution in [3.8, 4) is 5.75 Å². The van der Waals surface area contributed by atoms with Crippen molar-refractivity contribution in [3.05, 3.63) is 64.4 Å². The first-order valence-electron chi connectivity index (χ1n) is 11.1. The fraction of sp³-hybridized carbons (Fsp3) is 0.480. The number of carbonyl (C=O) groups excluding carboxylic acids is 1. The van der Waals surface area contributed by atoms with E-state index in [1.807, 2.05) is 19.2 Å². The third kappa shape index (κ3) is 5.78. The van der Waals surface area contributed by atoms with Gasteiger partial charge in [-0.2, -0.15) is 0 Å². The molecule has 0 atom stereocenters. The second kappa shape index (κ2) is 10.0. The summed E-state index contributed by atoms with van der Waals surface area (Å²) in [6.45, 7) is 3.84. The molecule has 1 aliphatic carbocycles. The van der Waals surface area contributed by atoms with Crippen LogP contribution in [0, 0.1) is 11.7 Å². The standard InChI is InChI=1S/C25H30ClFN2O2/c1-28(24(30)15-18-6-4-8-21(27)12-18)16-19-13-22(14-19)31-23-9-5-7-20(25(23)26)17-29-10-2-3-11-29/h4-9,12,19,22H,2-3,10-11,13-17H2,1H3. The largest absolute Gasteiger partial charge is 0.489 e. The monoisotopic (exact) mass is 444 g/mol. The summed E-state index contributed by atoms with van der Waals surface area (Å²) >= 11 is 6.63. The smallest absolute Gasteiger partial charge is 0.226 e. The Bertz CT molecular complexity index is 910. The van der Waals surface area contributed by atoms with E-state index in [9.17, 15) is 9.18 Å². The minimum absolute atomic E-state index is 0.00706. The molecular formula is C25H30ClFN2O2. The predicted molar refractivity (Wildman–Crippen MR) is 121 cm³/mol. The second-order valence-corrected chi connectivity index (χ2v) is 9.25. The van der Waals surface area contributed by atoms with Gasteiger partial charge in [-0.1, -0.05) is 35.9 Å². The molecule has 2 aromatic rings. The molecule has 1 heterocycles. The van der Waals surface area contributed by atoms with Crippen molar-refractivity contribution in [2.24, 2.45) is 5.92 Å². The van der Waals surface area contributed by atoms with Crippen molar-refractivity contribution in [2.75, 3.05) is 26.7 Å². The number of nitrogens with zero attached hydrogens (tertiary/aromatic N) is 2. The van der Waals surface area contributed by atoms with Crippen molar-refractivity contribution in [3.63, 3.8) is 0 Å². The molecule has 0 aromatic heterocycles. The molecule has 0 bridgehead atoms. The highest BCUT2D eigenvalue weighted by molar-refractivity contribution is 6.32. The topological polar surface area (TPSA) is 32.8 Å². The normalized spacial score (nSPS) is 21.0. The molecule has 0 spiro atoms. The summed E-state index contributed by atoms with van der Waals surface area (Å²) in [5.41, 5.74) is 1.83. The minimum Gasteiger partial charge on any atom is -0.489 e. The quantitative estimate of drug-likeness (QED) is 0.578. The van der Waals surface area contributed by atoms with Crippen LogP contribution in [0.15, 0.2) is 42.5 Å². The predicted octanol–water partition coefficient (Wildman–Crippen LogP) is 4.93. The van der Waals surface area contributed by atoms with E-state index in [4.69, 9.17) is 16.3 Å². The van der Waals surface area contributed by atoms with Crippen LogP contribution >= 0.6 is 11.6 Å². The summed E-state index contributed by atoms with van der Waals surface area (Å²) in [4.78, 5) is 16.6. The zero-order chi connectivity index (χ0) is 21.8. The molecule has 1 saturated heterocycles. The number of ether oxygens (including phenoxy) is 1. The van der Waals surface area contributed by atoms with Crippen LogP contribution in [0.5, 0.6) is 5.75 Å². The number of likely N-dealkylation sites (tertiary alicyclic amines) is 1. The van der Waals surface area contributed by atoms with Crippen LogP contribution in [0.1, 0.15) is 36.8 Å². The number of likely N-dealkylation sites (N-methyl/N-ethyl adjacent to an activating group) is 1. The molecular weight excluding hydrogens is 415 g/mol. The van der Waals surface area contributed by atoms with Crippen molar-refractivity contribution in [2.45, 2.75) is 44.8 Å². The number of halogens is 2. The third-order valence-corrected chi connectivity index (χ3v) is 6.75. The Kier molecular flexibility index (Phi) is 7.13. The Morgan fingerprint density at radius 2 is 1.94 bits per heavy atom. The lowest BCUT2D eigenvalue weighted by Crippen LogP contribution is -2.42. The maximum atomic E-state index is 13.3. The lowest BCUT2D eigenvalue weighted by atomic mass is 9.82. The highest BCUT2D eigenvalue weighted by atomic mass is 35.5. The molecule has 2 fully saturated rings. The van der Waals surface area contributed by atoms with E-state index in [1.165, 1.54) is 25.0 Å². The molecule has 2 aliphatic rings. The fourth-order valence-electron chi connectivity index (χ4n) is 4.50. The Morgan fingerprint density at radius 1 is 1.19 bits per heavy atom. The maximum absolute atomic E-state index is 13.3. The van der Waals surface area contributed by atoms with Crippen LogP contribution in [-0.4, -0.2) is 48.5 Å². The van der Waals surface area contributed by atoms with Gasteiger partial charge in [0.25, 0.3) is 0 Å². The number of amides is 1. The molecule has 1 amide bonds. The first kappa shape index (κ1) is 22.1. The van der Waals surface area contributed by atoms with Gasteiger partial charge in [0.15, 0.2) is 0 Å². The highest BCUT2D eigenvalue weighted by Gasteiger charge is 2.33. The first-order chi connectivity index (χ1) is 15.0. The molecule has 0 radical (unpaired) electrons. The van der Waals surface area contributed by atoms with Crippen LogP contribution < -0.4 is 4.74 Å². The van der Waals surface area contributed by atoms with Crippen LogP contribution in [0.2, 0.25) is 5.02 Å². The Hall–Kier alpha value is -2.11. The third-order valence-electron chi connectivity index (χ3n) is 6.32.